The summed E-state index contributed by atoms with van der Waals surface area (Å²) >= 11 is 0. The number of allylic oxidation sites excluding steroid dienone is 1. The van der Waals surface area contributed by atoms with Crippen molar-refractivity contribution in [2.75, 3.05) is 14.2 Å². The van der Waals surface area contributed by atoms with Gasteiger partial charge in [-0.15, -0.1) is 0 Å². The van der Waals surface area contributed by atoms with Gasteiger partial charge in [-0.1, -0.05) is 0 Å². The fourth-order valence-corrected chi connectivity index (χ4v) is 1.64. The maximum Gasteiger partial charge on any atom is 0.189 e. The Morgan fingerprint density at radius 2 is 2.05 bits per heavy atom. The lowest BCUT2D eigenvalue weighted by Crippen LogP contribution is -1.99. The molecule has 0 unspecified atom stereocenters. The third-order valence-corrected chi connectivity index (χ3v) is 2.62. The molecule has 0 N–H and O–H groups in total. The van der Waals surface area contributed by atoms with Crippen molar-refractivity contribution in [1.29, 1.82) is 0 Å². The van der Waals surface area contributed by atoms with Gasteiger partial charge in [0.05, 0.1) is 26.0 Å². The van der Waals surface area contributed by atoms with Gasteiger partial charge < -0.3 is 13.9 Å². The smallest absolute Gasteiger partial charge is 0.189 e. The third-order valence-electron chi connectivity index (χ3n) is 2.62. The fraction of sp³-hybridized carbons (Fsp3) is 0.133. The average molecular weight is 258 g/mol. The SMILES string of the molecule is COc1ccc(C(=O)/C=C/c2ccco2)c(OC)c1. The topological polar surface area (TPSA) is 48.7 Å². The van der Waals surface area contributed by atoms with Gasteiger partial charge >= 0.3 is 0 Å². The molecule has 19 heavy (non-hydrogen) atoms. The van der Waals surface area contributed by atoms with Gasteiger partial charge in [0.15, 0.2) is 5.78 Å². The van der Waals surface area contributed by atoms with Crippen LogP contribution in [0.5, 0.6) is 11.5 Å². The van der Waals surface area contributed by atoms with Crippen LogP contribution in [-0.4, -0.2) is 20.0 Å². The Morgan fingerprint density at radius 1 is 1.21 bits per heavy atom. The molecule has 0 aliphatic carbocycles. The molecule has 4 nitrogen and oxygen atoms in total. The molecule has 0 saturated heterocycles. The summed E-state index contributed by atoms with van der Waals surface area (Å²) in [6.45, 7) is 0. The first-order valence-electron chi connectivity index (χ1n) is 5.72. The third kappa shape index (κ3) is 3.04. The monoisotopic (exact) mass is 258 g/mol. The van der Waals surface area contributed by atoms with Crippen molar-refractivity contribution in [3.05, 3.63) is 54.0 Å². The van der Waals surface area contributed by atoms with E-state index in [1.54, 1.807) is 49.8 Å². The van der Waals surface area contributed by atoms with Gasteiger partial charge in [-0.3, -0.25) is 4.79 Å². The Bertz CT molecular complexity index is 582. The van der Waals surface area contributed by atoms with E-state index in [1.165, 1.54) is 13.2 Å². The number of furan rings is 1. The fourth-order valence-electron chi connectivity index (χ4n) is 1.64. The first-order valence-corrected chi connectivity index (χ1v) is 5.72. The lowest BCUT2D eigenvalue weighted by atomic mass is 10.1. The van der Waals surface area contributed by atoms with Crippen molar-refractivity contribution >= 4 is 11.9 Å². The predicted molar refractivity (Wildman–Crippen MR) is 71.6 cm³/mol. The second kappa shape index (κ2) is 5.91. The molecular formula is C15H14O4. The number of ether oxygens (including phenoxy) is 2. The summed E-state index contributed by atoms with van der Waals surface area (Å²) in [6.07, 6.45) is 4.62. The van der Waals surface area contributed by atoms with E-state index in [4.69, 9.17) is 13.9 Å². The summed E-state index contributed by atoms with van der Waals surface area (Å²) in [4.78, 5) is 12.1. The molecule has 0 amide bonds. The van der Waals surface area contributed by atoms with Crippen LogP contribution in [0.3, 0.4) is 0 Å². The van der Waals surface area contributed by atoms with Crippen molar-refractivity contribution < 1.29 is 18.7 Å². The Balaban J connectivity index is 2.23. The second-order valence-corrected chi connectivity index (χ2v) is 3.78. The van der Waals surface area contributed by atoms with Gasteiger partial charge in [-0.25, -0.2) is 0 Å². The molecule has 2 rings (SSSR count). The number of carbonyl (C=O) groups is 1. The lowest BCUT2D eigenvalue weighted by molar-refractivity contribution is 0.104. The molecule has 0 bridgehead atoms. The molecule has 1 aromatic carbocycles. The maximum atomic E-state index is 12.1. The van der Waals surface area contributed by atoms with E-state index in [-0.39, 0.29) is 5.78 Å². The molecule has 98 valence electrons. The van der Waals surface area contributed by atoms with E-state index in [9.17, 15) is 4.79 Å². The number of methoxy groups -OCH3 is 2. The molecule has 0 saturated carbocycles. The molecule has 0 fully saturated rings. The highest BCUT2D eigenvalue weighted by Crippen LogP contribution is 2.25. The maximum absolute atomic E-state index is 12.1. The number of hydrogen-bond acceptors (Lipinski definition) is 4. The van der Waals surface area contributed by atoms with Crippen molar-refractivity contribution in [3.8, 4) is 11.5 Å². The first kappa shape index (κ1) is 13.0. The number of rotatable bonds is 5. The summed E-state index contributed by atoms with van der Waals surface area (Å²) in [5.41, 5.74) is 0.478. The Kier molecular flexibility index (Phi) is 4.03. The summed E-state index contributed by atoms with van der Waals surface area (Å²) < 4.78 is 15.4. The molecule has 0 atom stereocenters. The van der Waals surface area contributed by atoms with Crippen LogP contribution in [0.1, 0.15) is 16.1 Å². The number of benzene rings is 1. The van der Waals surface area contributed by atoms with Crippen molar-refractivity contribution in [2.24, 2.45) is 0 Å². The zero-order valence-corrected chi connectivity index (χ0v) is 10.8. The molecule has 2 aromatic rings. The van der Waals surface area contributed by atoms with Crippen LogP contribution < -0.4 is 9.47 Å². The molecule has 0 aliphatic heterocycles. The van der Waals surface area contributed by atoms with Crippen LogP contribution in [0.25, 0.3) is 6.08 Å². The number of carbonyl (C=O) groups excluding carboxylic acids is 1. The highest BCUT2D eigenvalue weighted by molar-refractivity contribution is 6.08. The summed E-state index contributed by atoms with van der Waals surface area (Å²) in [6, 6.07) is 8.60. The molecule has 0 radical (unpaired) electrons. The van der Waals surface area contributed by atoms with Gasteiger partial charge in [0.25, 0.3) is 0 Å². The summed E-state index contributed by atoms with van der Waals surface area (Å²) in [5.74, 6) is 1.59. The molecule has 1 aromatic heterocycles. The predicted octanol–water partition coefficient (Wildman–Crippen LogP) is 3.19. The average Bonchev–Trinajstić information content (AvgIpc) is 2.97. The Hall–Kier alpha value is -2.49. The summed E-state index contributed by atoms with van der Waals surface area (Å²) in [5, 5.41) is 0. The van der Waals surface area contributed by atoms with Crippen LogP contribution >= 0.6 is 0 Å². The van der Waals surface area contributed by atoms with Crippen molar-refractivity contribution in [2.45, 2.75) is 0 Å². The van der Waals surface area contributed by atoms with Gasteiger partial charge in [0.1, 0.15) is 17.3 Å². The lowest BCUT2D eigenvalue weighted by Gasteiger charge is -2.07. The standard InChI is InChI=1S/C15H14O4/c1-17-12-5-7-13(15(10-12)18-2)14(16)8-6-11-4-3-9-19-11/h3-10H,1-2H3/b8-6+. The minimum Gasteiger partial charge on any atom is -0.497 e. The molecule has 0 aliphatic rings. The van der Waals surface area contributed by atoms with Crippen LogP contribution in [0.15, 0.2) is 47.1 Å². The van der Waals surface area contributed by atoms with Crippen LogP contribution in [0.2, 0.25) is 0 Å². The van der Waals surface area contributed by atoms with E-state index in [2.05, 4.69) is 0 Å². The molecule has 4 heteroatoms. The van der Waals surface area contributed by atoms with E-state index in [1.807, 2.05) is 0 Å². The van der Waals surface area contributed by atoms with Gasteiger partial charge in [-0.2, -0.15) is 0 Å². The normalized spacial score (nSPS) is 10.6. The number of hydrogen-bond donors (Lipinski definition) is 0. The van der Waals surface area contributed by atoms with Crippen molar-refractivity contribution in [1.82, 2.24) is 0 Å². The summed E-state index contributed by atoms with van der Waals surface area (Å²) in [7, 11) is 3.08. The highest BCUT2D eigenvalue weighted by atomic mass is 16.5. The first-order chi connectivity index (χ1) is 9.24. The highest BCUT2D eigenvalue weighted by Gasteiger charge is 2.10. The van der Waals surface area contributed by atoms with Crippen LogP contribution in [0.4, 0.5) is 0 Å². The molecule has 1 heterocycles. The quantitative estimate of drug-likeness (QED) is 0.610. The van der Waals surface area contributed by atoms with Gasteiger partial charge in [0, 0.05) is 6.07 Å². The Labute approximate surface area is 111 Å². The second-order valence-electron chi connectivity index (χ2n) is 3.78. The van der Waals surface area contributed by atoms with Crippen LogP contribution in [0, 0.1) is 0 Å². The molecular weight excluding hydrogens is 244 g/mol. The minimum absolute atomic E-state index is 0.157. The van der Waals surface area contributed by atoms with Crippen LogP contribution in [-0.2, 0) is 0 Å². The Morgan fingerprint density at radius 3 is 2.68 bits per heavy atom. The van der Waals surface area contributed by atoms with E-state index in [0.717, 1.165) is 0 Å². The zero-order chi connectivity index (χ0) is 13.7. The van der Waals surface area contributed by atoms with Gasteiger partial charge in [-0.05, 0) is 36.4 Å². The van der Waals surface area contributed by atoms with E-state index >= 15 is 0 Å². The zero-order valence-electron chi connectivity index (χ0n) is 10.8. The van der Waals surface area contributed by atoms with E-state index < -0.39 is 0 Å². The van der Waals surface area contributed by atoms with Crippen molar-refractivity contribution in [3.63, 3.8) is 0 Å². The largest absolute Gasteiger partial charge is 0.497 e. The number of ketones is 1. The minimum atomic E-state index is -0.157. The molecule has 0 spiro atoms. The van der Waals surface area contributed by atoms with E-state index in [0.29, 0.717) is 22.8 Å². The van der Waals surface area contributed by atoms with Gasteiger partial charge in [0.2, 0.25) is 0 Å².